The van der Waals surface area contributed by atoms with Gasteiger partial charge < -0.3 is 14.6 Å². The monoisotopic (exact) mass is 204 g/mol. The molecule has 0 unspecified atom stereocenters. The number of rotatable bonds is 0. The zero-order valence-corrected chi connectivity index (χ0v) is 8.41. The van der Waals surface area contributed by atoms with Gasteiger partial charge >= 0.3 is 0 Å². The second-order valence-electron chi connectivity index (χ2n) is 3.91. The van der Waals surface area contributed by atoms with Crippen molar-refractivity contribution < 1.29 is 14.6 Å². The molecule has 3 nitrogen and oxygen atoms in total. The molecule has 2 aliphatic rings. The van der Waals surface area contributed by atoms with E-state index in [1.165, 1.54) is 0 Å². The van der Waals surface area contributed by atoms with Crippen LogP contribution >= 0.6 is 11.6 Å². The minimum atomic E-state index is -0.644. The molecule has 0 saturated carbocycles. The van der Waals surface area contributed by atoms with Gasteiger partial charge in [-0.3, -0.25) is 0 Å². The summed E-state index contributed by atoms with van der Waals surface area (Å²) in [5.41, 5.74) is 0. The molecule has 1 saturated heterocycles. The van der Waals surface area contributed by atoms with Crippen molar-refractivity contribution >= 4 is 11.6 Å². The summed E-state index contributed by atoms with van der Waals surface area (Å²) in [5.74, 6) is -0.644. The maximum atomic E-state index is 9.62. The second kappa shape index (κ2) is 2.95. The molecule has 74 valence electrons. The summed E-state index contributed by atoms with van der Waals surface area (Å²) < 4.78 is 11.1. The highest BCUT2D eigenvalue weighted by Gasteiger charge is 2.47. The molecule has 1 fully saturated rings. The number of aliphatic hydroxyl groups excluding tert-OH is 1. The van der Waals surface area contributed by atoms with Crippen LogP contribution in [0.2, 0.25) is 0 Å². The molecule has 0 bridgehead atoms. The normalized spacial score (nSPS) is 42.8. The molecular formula is C9H13ClO3. The smallest absolute Gasteiger partial charge is 0.164 e. The molecule has 0 amide bonds. The van der Waals surface area contributed by atoms with Gasteiger partial charge in [-0.2, -0.15) is 0 Å². The quantitative estimate of drug-likeness (QED) is 0.648. The van der Waals surface area contributed by atoms with Crippen LogP contribution in [0.25, 0.3) is 0 Å². The largest absolute Gasteiger partial charge is 0.390 e. The van der Waals surface area contributed by atoms with Crippen LogP contribution in [0.5, 0.6) is 0 Å². The second-order valence-corrected chi connectivity index (χ2v) is 4.35. The SMILES string of the molecule is CC1(C)O[C@@H]2[C@H](O1)C(Cl)=CC[C@@H]2O. The minimum absolute atomic E-state index is 0.291. The Morgan fingerprint density at radius 2 is 2.23 bits per heavy atom. The molecular weight excluding hydrogens is 192 g/mol. The first-order chi connectivity index (χ1) is 5.99. The number of hydrogen-bond donors (Lipinski definition) is 1. The van der Waals surface area contributed by atoms with Crippen molar-refractivity contribution in [3.63, 3.8) is 0 Å². The number of aliphatic hydroxyl groups is 1. The molecule has 0 spiro atoms. The van der Waals surface area contributed by atoms with E-state index in [1.807, 2.05) is 13.8 Å². The van der Waals surface area contributed by atoms with Crippen LogP contribution < -0.4 is 0 Å². The van der Waals surface area contributed by atoms with Gasteiger partial charge in [0.2, 0.25) is 0 Å². The van der Waals surface area contributed by atoms with Gasteiger partial charge in [-0.1, -0.05) is 17.7 Å². The lowest BCUT2D eigenvalue weighted by molar-refractivity contribution is -0.152. The maximum absolute atomic E-state index is 9.62. The molecule has 3 atom stereocenters. The van der Waals surface area contributed by atoms with Gasteiger partial charge in [-0.05, 0) is 20.3 Å². The first kappa shape index (κ1) is 9.46. The van der Waals surface area contributed by atoms with Gasteiger partial charge in [0.25, 0.3) is 0 Å². The highest BCUT2D eigenvalue weighted by atomic mass is 35.5. The van der Waals surface area contributed by atoms with Gasteiger partial charge in [0.15, 0.2) is 5.79 Å². The Morgan fingerprint density at radius 1 is 1.54 bits per heavy atom. The summed E-state index contributed by atoms with van der Waals surface area (Å²) in [6.45, 7) is 3.64. The van der Waals surface area contributed by atoms with E-state index in [0.717, 1.165) is 0 Å². The molecule has 4 heteroatoms. The Hall–Kier alpha value is -0.0900. The first-order valence-electron chi connectivity index (χ1n) is 4.39. The van der Waals surface area contributed by atoms with E-state index in [2.05, 4.69) is 0 Å². The maximum Gasteiger partial charge on any atom is 0.164 e. The number of ether oxygens (including phenoxy) is 2. The topological polar surface area (TPSA) is 38.7 Å². The Balaban J connectivity index is 2.23. The molecule has 0 aromatic carbocycles. The van der Waals surface area contributed by atoms with Crippen LogP contribution in [0.4, 0.5) is 0 Å². The molecule has 13 heavy (non-hydrogen) atoms. The van der Waals surface area contributed by atoms with Crippen molar-refractivity contribution in [1.29, 1.82) is 0 Å². The number of fused-ring (bicyclic) bond motifs is 1. The lowest BCUT2D eigenvalue weighted by Gasteiger charge is -2.25. The van der Waals surface area contributed by atoms with Gasteiger partial charge in [0, 0.05) is 5.03 Å². The molecule has 2 rings (SSSR count). The first-order valence-corrected chi connectivity index (χ1v) is 4.77. The third-order valence-corrected chi connectivity index (χ3v) is 2.70. The Bertz CT molecular complexity index is 249. The average Bonchev–Trinajstić information content (AvgIpc) is 2.35. The predicted octanol–water partition coefficient (Wildman–Crippen LogP) is 1.39. The van der Waals surface area contributed by atoms with Crippen LogP contribution in [0.1, 0.15) is 20.3 Å². The van der Waals surface area contributed by atoms with Gasteiger partial charge in [0.05, 0.1) is 6.10 Å². The van der Waals surface area contributed by atoms with E-state index >= 15 is 0 Å². The van der Waals surface area contributed by atoms with Crippen molar-refractivity contribution in [2.45, 2.75) is 44.4 Å². The summed E-state index contributed by atoms with van der Waals surface area (Å²) in [7, 11) is 0. The molecule has 1 heterocycles. The average molecular weight is 205 g/mol. The van der Waals surface area contributed by atoms with Crippen LogP contribution in [-0.2, 0) is 9.47 Å². The molecule has 1 aliphatic carbocycles. The number of hydrogen-bond acceptors (Lipinski definition) is 3. The number of halogens is 1. The summed E-state index contributed by atoms with van der Waals surface area (Å²) in [6.07, 6.45) is 1.22. The zero-order valence-electron chi connectivity index (χ0n) is 7.66. The Labute approximate surface area is 82.3 Å². The van der Waals surface area contributed by atoms with Gasteiger partial charge in [0.1, 0.15) is 12.2 Å². The summed E-state index contributed by atoms with van der Waals surface area (Å²) in [5, 5.41) is 10.3. The Kier molecular flexibility index (Phi) is 2.15. The predicted molar refractivity (Wildman–Crippen MR) is 48.4 cm³/mol. The fourth-order valence-corrected chi connectivity index (χ4v) is 2.03. The van der Waals surface area contributed by atoms with E-state index in [9.17, 15) is 5.11 Å². The third-order valence-electron chi connectivity index (χ3n) is 2.33. The lowest BCUT2D eigenvalue weighted by Crippen LogP contribution is -2.38. The van der Waals surface area contributed by atoms with Crippen molar-refractivity contribution in [2.24, 2.45) is 0 Å². The Morgan fingerprint density at radius 3 is 2.85 bits per heavy atom. The van der Waals surface area contributed by atoms with E-state index in [4.69, 9.17) is 21.1 Å². The van der Waals surface area contributed by atoms with Crippen molar-refractivity contribution in [3.8, 4) is 0 Å². The van der Waals surface area contributed by atoms with E-state index in [0.29, 0.717) is 11.5 Å². The van der Waals surface area contributed by atoms with Crippen LogP contribution in [-0.4, -0.2) is 29.2 Å². The van der Waals surface area contributed by atoms with Gasteiger partial charge in [-0.15, -0.1) is 0 Å². The molecule has 0 aromatic rings. The summed E-state index contributed by atoms with van der Waals surface area (Å²) in [6, 6.07) is 0. The molecule has 1 N–H and O–H groups in total. The molecule has 1 aliphatic heterocycles. The van der Waals surface area contributed by atoms with E-state index in [-0.39, 0.29) is 12.2 Å². The standard InChI is InChI=1S/C9H13ClO3/c1-9(2)12-7-5(10)3-4-6(11)8(7)13-9/h3,6-8,11H,4H2,1-2H3/t6-,7+,8-/m0/s1. The van der Waals surface area contributed by atoms with Gasteiger partial charge in [-0.25, -0.2) is 0 Å². The summed E-state index contributed by atoms with van der Waals surface area (Å²) in [4.78, 5) is 0. The zero-order chi connectivity index (χ0) is 9.64. The minimum Gasteiger partial charge on any atom is -0.390 e. The van der Waals surface area contributed by atoms with E-state index < -0.39 is 11.9 Å². The van der Waals surface area contributed by atoms with Crippen LogP contribution in [0.15, 0.2) is 11.1 Å². The fourth-order valence-electron chi connectivity index (χ4n) is 1.77. The lowest BCUT2D eigenvalue weighted by atomic mass is 9.99. The fraction of sp³-hybridized carbons (Fsp3) is 0.778. The summed E-state index contributed by atoms with van der Waals surface area (Å²) >= 11 is 5.96. The molecule has 0 aromatic heterocycles. The van der Waals surface area contributed by atoms with Crippen molar-refractivity contribution in [2.75, 3.05) is 0 Å². The van der Waals surface area contributed by atoms with E-state index in [1.54, 1.807) is 6.08 Å². The highest BCUT2D eigenvalue weighted by molar-refractivity contribution is 6.30. The molecule has 0 radical (unpaired) electrons. The third kappa shape index (κ3) is 1.62. The van der Waals surface area contributed by atoms with Crippen LogP contribution in [0.3, 0.4) is 0 Å². The highest BCUT2D eigenvalue weighted by Crippen LogP contribution is 2.38. The van der Waals surface area contributed by atoms with Crippen molar-refractivity contribution in [1.82, 2.24) is 0 Å². The van der Waals surface area contributed by atoms with Crippen LogP contribution in [0, 0.1) is 0 Å². The van der Waals surface area contributed by atoms with Crippen molar-refractivity contribution in [3.05, 3.63) is 11.1 Å².